The van der Waals surface area contributed by atoms with Crippen molar-refractivity contribution < 1.29 is 9.18 Å². The van der Waals surface area contributed by atoms with Gasteiger partial charge in [-0.05, 0) is 87.7 Å². The van der Waals surface area contributed by atoms with Gasteiger partial charge >= 0.3 is 0 Å². The molecule has 0 aromatic heterocycles. The van der Waals surface area contributed by atoms with Crippen molar-refractivity contribution in [2.75, 3.05) is 25.0 Å². The van der Waals surface area contributed by atoms with Gasteiger partial charge in [-0.1, -0.05) is 38.7 Å². The van der Waals surface area contributed by atoms with Crippen molar-refractivity contribution in [2.45, 2.75) is 122 Å². The van der Waals surface area contributed by atoms with Gasteiger partial charge in [-0.15, -0.1) is 0 Å². The molecule has 2 aliphatic carbocycles. The molecule has 3 aliphatic heterocycles. The van der Waals surface area contributed by atoms with Crippen molar-refractivity contribution >= 4 is 11.6 Å². The van der Waals surface area contributed by atoms with Crippen molar-refractivity contribution in [1.82, 2.24) is 20.9 Å². The summed E-state index contributed by atoms with van der Waals surface area (Å²) in [6.45, 7) is 12.4. The van der Waals surface area contributed by atoms with Gasteiger partial charge in [0.05, 0.1) is 6.17 Å². The molecule has 1 aromatic carbocycles. The van der Waals surface area contributed by atoms with Crippen LogP contribution < -0.4 is 21.3 Å². The Bertz CT molecular complexity index is 1040. The Morgan fingerprint density at radius 1 is 1.12 bits per heavy atom. The van der Waals surface area contributed by atoms with Gasteiger partial charge in [0.1, 0.15) is 11.9 Å². The highest BCUT2D eigenvalue weighted by molar-refractivity contribution is 5.88. The molecule has 0 radical (unpaired) electrons. The van der Waals surface area contributed by atoms with Crippen LogP contribution in [-0.2, 0) is 11.2 Å². The molecule has 2 saturated heterocycles. The van der Waals surface area contributed by atoms with Gasteiger partial charge in [0.15, 0.2) is 0 Å². The molecule has 1 aromatic rings. The molecular formula is C33H52FN5O. The van der Waals surface area contributed by atoms with Gasteiger partial charge in [0.25, 0.3) is 0 Å². The van der Waals surface area contributed by atoms with Crippen LogP contribution >= 0.6 is 0 Å². The molecule has 40 heavy (non-hydrogen) atoms. The second-order valence-corrected chi connectivity index (χ2v) is 14.3. The first-order valence-corrected chi connectivity index (χ1v) is 16.3. The van der Waals surface area contributed by atoms with Crippen LogP contribution in [0.15, 0.2) is 12.1 Å². The molecule has 0 spiro atoms. The van der Waals surface area contributed by atoms with Gasteiger partial charge in [-0.3, -0.25) is 15.0 Å². The normalized spacial score (nSPS) is 36.1. The van der Waals surface area contributed by atoms with E-state index in [-0.39, 0.29) is 29.2 Å². The Hall–Kier alpha value is -1.70. The predicted octanol–water partition coefficient (Wildman–Crippen LogP) is 4.96. The first kappa shape index (κ1) is 28.4. The van der Waals surface area contributed by atoms with E-state index in [0.717, 1.165) is 36.8 Å². The van der Waals surface area contributed by atoms with Crippen LogP contribution in [0.2, 0.25) is 0 Å². The molecule has 0 bridgehead atoms. The average Bonchev–Trinajstić information content (AvgIpc) is 3.65. The number of benzene rings is 1. The number of aryl methyl sites for hydroxylation is 1. The van der Waals surface area contributed by atoms with E-state index < -0.39 is 6.04 Å². The van der Waals surface area contributed by atoms with Gasteiger partial charge in [0.2, 0.25) is 5.91 Å². The van der Waals surface area contributed by atoms with Gasteiger partial charge in [-0.25, -0.2) is 4.39 Å². The fourth-order valence-electron chi connectivity index (χ4n) is 8.93. The second kappa shape index (κ2) is 11.5. The molecule has 222 valence electrons. The number of fused-ring (bicyclic) bond motifs is 1. The molecule has 7 unspecified atom stereocenters. The minimum atomic E-state index is -0.401. The number of carbonyl (C=O) groups is 1. The molecule has 7 heteroatoms. The molecule has 5 aliphatic rings. The second-order valence-electron chi connectivity index (χ2n) is 14.3. The number of carbonyl (C=O) groups excluding carboxylic acids is 1. The number of amides is 1. The number of hydrogen-bond donors (Lipinski definition) is 4. The zero-order valence-electron chi connectivity index (χ0n) is 25.2. The summed E-state index contributed by atoms with van der Waals surface area (Å²) in [6.07, 6.45) is 12.7. The number of piperidine rings is 1. The summed E-state index contributed by atoms with van der Waals surface area (Å²) in [5, 5.41) is 14.7. The van der Waals surface area contributed by atoms with Crippen LogP contribution in [0.25, 0.3) is 0 Å². The standard InChI is InChI=1S/C33H52FN5O/c1-20-11-14-27(34)26-15-28(37-29(20)26)32(40)38-31(24-12-13-24)30-21(2)16-33(18-35-30,25-9-7-5-6-8-10-25)19-39-17-22(3)36-23(39)4/h11,14,21-25,28,30-31,35-37H,5-10,12-13,15-19H2,1-4H3,(H,38,40). The Balaban J connectivity index is 1.16. The van der Waals surface area contributed by atoms with E-state index in [1.54, 1.807) is 6.07 Å². The Kier molecular flexibility index (Phi) is 8.19. The summed E-state index contributed by atoms with van der Waals surface area (Å²) in [7, 11) is 0. The van der Waals surface area contributed by atoms with Crippen LogP contribution in [0.3, 0.4) is 0 Å². The minimum Gasteiger partial charge on any atom is -0.373 e. The molecule has 6 rings (SSSR count). The first-order valence-electron chi connectivity index (χ1n) is 16.3. The zero-order chi connectivity index (χ0) is 28.0. The van der Waals surface area contributed by atoms with Crippen molar-refractivity contribution in [3.8, 4) is 0 Å². The summed E-state index contributed by atoms with van der Waals surface area (Å²) < 4.78 is 14.5. The predicted molar refractivity (Wildman–Crippen MR) is 160 cm³/mol. The largest absolute Gasteiger partial charge is 0.373 e. The van der Waals surface area contributed by atoms with Crippen LogP contribution in [0, 0.1) is 35.9 Å². The molecule has 1 amide bonds. The maximum atomic E-state index is 14.5. The monoisotopic (exact) mass is 553 g/mol. The van der Waals surface area contributed by atoms with Crippen molar-refractivity contribution in [1.29, 1.82) is 0 Å². The molecule has 4 fully saturated rings. The van der Waals surface area contributed by atoms with E-state index in [2.05, 4.69) is 46.9 Å². The quantitative estimate of drug-likeness (QED) is 0.360. The fraction of sp³-hybridized carbons (Fsp3) is 0.788. The summed E-state index contributed by atoms with van der Waals surface area (Å²) in [6, 6.07) is 3.88. The molecule has 7 atom stereocenters. The van der Waals surface area contributed by atoms with E-state index in [1.165, 1.54) is 63.9 Å². The SMILES string of the molecule is Cc1ccc(F)c2c1NC(C(=O)NC(C1CC1)C1NCC(CN3CC(C)NC3C)(C3CCCCCC3)CC1C)C2. The third kappa shape index (κ3) is 5.67. The summed E-state index contributed by atoms with van der Waals surface area (Å²) in [5.41, 5.74) is 2.74. The number of nitrogens with zero attached hydrogens (tertiary/aromatic N) is 1. The zero-order valence-corrected chi connectivity index (χ0v) is 25.2. The summed E-state index contributed by atoms with van der Waals surface area (Å²) in [4.78, 5) is 16.3. The lowest BCUT2D eigenvalue weighted by molar-refractivity contribution is -0.123. The van der Waals surface area contributed by atoms with E-state index in [4.69, 9.17) is 0 Å². The van der Waals surface area contributed by atoms with Crippen molar-refractivity contribution in [3.05, 3.63) is 29.1 Å². The van der Waals surface area contributed by atoms with Crippen LogP contribution in [0.5, 0.6) is 0 Å². The van der Waals surface area contributed by atoms with Crippen molar-refractivity contribution in [3.63, 3.8) is 0 Å². The number of halogens is 1. The summed E-state index contributed by atoms with van der Waals surface area (Å²) in [5.74, 6) is 1.60. The molecule has 6 nitrogen and oxygen atoms in total. The van der Waals surface area contributed by atoms with E-state index in [1.807, 2.05) is 6.92 Å². The van der Waals surface area contributed by atoms with Gasteiger partial charge in [-0.2, -0.15) is 0 Å². The molecule has 3 heterocycles. The topological polar surface area (TPSA) is 68.4 Å². The minimum absolute atomic E-state index is 0.0208. The first-order chi connectivity index (χ1) is 19.2. The lowest BCUT2D eigenvalue weighted by Gasteiger charge is -2.52. The van der Waals surface area contributed by atoms with E-state index >= 15 is 0 Å². The third-order valence-corrected chi connectivity index (χ3v) is 11.2. The highest BCUT2D eigenvalue weighted by atomic mass is 19.1. The van der Waals surface area contributed by atoms with Crippen LogP contribution in [0.4, 0.5) is 10.1 Å². The number of hydrogen-bond acceptors (Lipinski definition) is 5. The van der Waals surface area contributed by atoms with Gasteiger partial charge in [0, 0.05) is 55.4 Å². The van der Waals surface area contributed by atoms with Crippen molar-refractivity contribution in [2.24, 2.45) is 23.2 Å². The van der Waals surface area contributed by atoms with Crippen LogP contribution in [0.1, 0.15) is 89.7 Å². The van der Waals surface area contributed by atoms with Crippen LogP contribution in [-0.4, -0.2) is 60.8 Å². The number of anilines is 1. The lowest BCUT2D eigenvalue weighted by atomic mass is 9.63. The molecule has 2 saturated carbocycles. The maximum absolute atomic E-state index is 14.5. The average molecular weight is 554 g/mol. The van der Waals surface area contributed by atoms with Gasteiger partial charge < -0.3 is 16.0 Å². The molecule has 4 N–H and O–H groups in total. The maximum Gasteiger partial charge on any atom is 0.243 e. The number of rotatable bonds is 7. The van der Waals surface area contributed by atoms with E-state index in [0.29, 0.717) is 36.0 Å². The van der Waals surface area contributed by atoms with E-state index in [9.17, 15) is 9.18 Å². The highest BCUT2D eigenvalue weighted by Gasteiger charge is 2.50. The lowest BCUT2D eigenvalue weighted by Crippen LogP contribution is -2.64. The molecular weight excluding hydrogens is 501 g/mol. The smallest absolute Gasteiger partial charge is 0.243 e. The number of nitrogens with one attached hydrogen (secondary N) is 4. The summed E-state index contributed by atoms with van der Waals surface area (Å²) >= 11 is 0. The Morgan fingerprint density at radius 3 is 2.50 bits per heavy atom. The fourth-order valence-corrected chi connectivity index (χ4v) is 8.93. The highest BCUT2D eigenvalue weighted by Crippen LogP contribution is 2.47. The Morgan fingerprint density at radius 2 is 1.88 bits per heavy atom. The Labute approximate surface area is 241 Å². The third-order valence-electron chi connectivity index (χ3n) is 11.2.